The van der Waals surface area contributed by atoms with Crippen molar-refractivity contribution in [3.05, 3.63) is 34.6 Å². The third-order valence-corrected chi connectivity index (χ3v) is 3.28. The quantitative estimate of drug-likeness (QED) is 0.609. The van der Waals surface area contributed by atoms with Gasteiger partial charge in [-0.1, -0.05) is 40.3 Å². The highest BCUT2D eigenvalue weighted by Gasteiger charge is 2.21. The first-order valence-electron chi connectivity index (χ1n) is 5.65. The number of hydrogen-bond donors (Lipinski definition) is 1. The number of hydrogen-bond acceptors (Lipinski definition) is 1. The monoisotopic (exact) mass is 383 g/mol. The molecule has 0 radical (unpaired) electrons. The standard InChI is InChI=1S/C13H16ClFINO/c1-13(2,17-12(18)5-6-16)8-9-3-4-10(14)11(15)7-9/h3-4,7H,5-6,8H2,1-2H3,(H,17,18). The Morgan fingerprint density at radius 3 is 2.72 bits per heavy atom. The maximum atomic E-state index is 13.3. The molecule has 0 unspecified atom stereocenters. The summed E-state index contributed by atoms with van der Waals surface area (Å²) in [5, 5.41) is 3.06. The lowest BCUT2D eigenvalue weighted by molar-refractivity contribution is -0.122. The molecule has 0 bridgehead atoms. The summed E-state index contributed by atoms with van der Waals surface area (Å²) < 4.78 is 14.1. The van der Waals surface area contributed by atoms with Crippen molar-refractivity contribution in [1.29, 1.82) is 0 Å². The van der Waals surface area contributed by atoms with E-state index in [1.807, 2.05) is 13.8 Å². The third-order valence-electron chi connectivity index (χ3n) is 2.43. The second-order valence-electron chi connectivity index (χ2n) is 4.80. The van der Waals surface area contributed by atoms with Crippen LogP contribution in [0, 0.1) is 5.82 Å². The van der Waals surface area contributed by atoms with Crippen LogP contribution in [-0.2, 0) is 11.2 Å². The van der Waals surface area contributed by atoms with Crippen molar-refractivity contribution in [3.8, 4) is 0 Å². The molecule has 0 saturated heterocycles. The van der Waals surface area contributed by atoms with Crippen molar-refractivity contribution in [2.45, 2.75) is 32.2 Å². The van der Waals surface area contributed by atoms with E-state index in [1.54, 1.807) is 6.07 Å². The Hall–Kier alpha value is -0.360. The lowest BCUT2D eigenvalue weighted by Crippen LogP contribution is -2.45. The lowest BCUT2D eigenvalue weighted by Gasteiger charge is -2.26. The molecule has 0 aliphatic carbocycles. The predicted molar refractivity (Wildman–Crippen MR) is 80.8 cm³/mol. The van der Waals surface area contributed by atoms with Crippen LogP contribution < -0.4 is 5.32 Å². The van der Waals surface area contributed by atoms with Gasteiger partial charge in [-0.15, -0.1) is 0 Å². The highest BCUT2D eigenvalue weighted by Crippen LogP contribution is 2.19. The van der Waals surface area contributed by atoms with E-state index in [1.165, 1.54) is 12.1 Å². The van der Waals surface area contributed by atoms with Crippen molar-refractivity contribution in [2.24, 2.45) is 0 Å². The minimum atomic E-state index is -0.427. The van der Waals surface area contributed by atoms with Crippen LogP contribution in [0.5, 0.6) is 0 Å². The van der Waals surface area contributed by atoms with E-state index >= 15 is 0 Å². The number of nitrogens with one attached hydrogen (secondary N) is 1. The van der Waals surface area contributed by atoms with Crippen molar-refractivity contribution in [3.63, 3.8) is 0 Å². The summed E-state index contributed by atoms with van der Waals surface area (Å²) in [5.74, 6) is -0.410. The largest absolute Gasteiger partial charge is 0.351 e. The van der Waals surface area contributed by atoms with E-state index in [0.717, 1.165) is 9.99 Å². The Morgan fingerprint density at radius 2 is 2.17 bits per heavy atom. The van der Waals surface area contributed by atoms with Gasteiger partial charge in [0, 0.05) is 16.4 Å². The normalized spacial score (nSPS) is 11.4. The Balaban J connectivity index is 2.69. The molecule has 0 atom stereocenters. The van der Waals surface area contributed by atoms with Gasteiger partial charge in [-0.3, -0.25) is 4.79 Å². The Bertz CT molecular complexity index is 437. The smallest absolute Gasteiger partial charge is 0.221 e. The number of rotatable bonds is 5. The van der Waals surface area contributed by atoms with E-state index in [-0.39, 0.29) is 10.9 Å². The van der Waals surface area contributed by atoms with Gasteiger partial charge in [0.2, 0.25) is 5.91 Å². The number of amides is 1. The minimum Gasteiger partial charge on any atom is -0.351 e. The van der Waals surface area contributed by atoms with Crippen LogP contribution in [0.1, 0.15) is 25.8 Å². The van der Waals surface area contributed by atoms with E-state index in [0.29, 0.717) is 12.8 Å². The van der Waals surface area contributed by atoms with Gasteiger partial charge in [0.15, 0.2) is 0 Å². The number of halogens is 3. The summed E-state index contributed by atoms with van der Waals surface area (Å²) in [6.45, 7) is 3.84. The fourth-order valence-electron chi connectivity index (χ4n) is 1.73. The maximum absolute atomic E-state index is 13.3. The number of alkyl halides is 1. The second kappa shape index (κ2) is 6.70. The average molecular weight is 384 g/mol. The Kier molecular flexibility index (Phi) is 5.85. The van der Waals surface area contributed by atoms with Crippen LogP contribution in [0.3, 0.4) is 0 Å². The number of benzene rings is 1. The summed E-state index contributed by atoms with van der Waals surface area (Å²) in [4.78, 5) is 11.6. The topological polar surface area (TPSA) is 29.1 Å². The SMILES string of the molecule is CC(C)(Cc1ccc(Cl)c(F)c1)NC(=O)CCI. The second-order valence-corrected chi connectivity index (χ2v) is 6.28. The molecule has 0 fully saturated rings. The predicted octanol–water partition coefficient (Wildman–Crippen LogP) is 3.74. The van der Waals surface area contributed by atoms with Gasteiger partial charge < -0.3 is 5.32 Å². The first-order chi connectivity index (χ1) is 8.34. The maximum Gasteiger partial charge on any atom is 0.221 e. The van der Waals surface area contributed by atoms with Crippen LogP contribution in [0.4, 0.5) is 4.39 Å². The minimum absolute atomic E-state index is 0.0174. The number of carbonyl (C=O) groups is 1. The molecule has 0 spiro atoms. The average Bonchev–Trinajstić information content (AvgIpc) is 2.22. The van der Waals surface area contributed by atoms with Gasteiger partial charge in [-0.05, 0) is 38.0 Å². The van der Waals surface area contributed by atoms with Gasteiger partial charge in [-0.2, -0.15) is 0 Å². The van der Waals surface area contributed by atoms with Crippen LogP contribution >= 0.6 is 34.2 Å². The highest BCUT2D eigenvalue weighted by atomic mass is 127. The van der Waals surface area contributed by atoms with Crippen LogP contribution in [0.25, 0.3) is 0 Å². The summed E-state index contributed by atoms with van der Waals surface area (Å²) in [7, 11) is 0. The summed E-state index contributed by atoms with van der Waals surface area (Å²) >= 11 is 7.79. The molecular weight excluding hydrogens is 368 g/mol. The van der Waals surface area contributed by atoms with Gasteiger partial charge in [0.1, 0.15) is 5.82 Å². The van der Waals surface area contributed by atoms with Crippen molar-refractivity contribution < 1.29 is 9.18 Å². The molecule has 0 saturated carbocycles. The molecule has 0 heterocycles. The zero-order valence-electron chi connectivity index (χ0n) is 10.4. The molecule has 1 rings (SSSR count). The van der Waals surface area contributed by atoms with Crippen LogP contribution in [-0.4, -0.2) is 15.9 Å². The van der Waals surface area contributed by atoms with E-state index < -0.39 is 11.4 Å². The lowest BCUT2D eigenvalue weighted by atomic mass is 9.94. The summed E-state index contributed by atoms with van der Waals surface area (Å²) in [5.41, 5.74) is 0.417. The molecule has 1 N–H and O–H groups in total. The molecule has 5 heteroatoms. The fraction of sp³-hybridized carbons (Fsp3) is 0.462. The summed E-state index contributed by atoms with van der Waals surface area (Å²) in [6.07, 6.45) is 1.06. The molecule has 1 aromatic carbocycles. The molecule has 1 aromatic rings. The Morgan fingerprint density at radius 1 is 1.50 bits per heavy atom. The van der Waals surface area contributed by atoms with Crippen molar-refractivity contribution in [1.82, 2.24) is 5.32 Å². The van der Waals surface area contributed by atoms with E-state index in [2.05, 4.69) is 27.9 Å². The van der Waals surface area contributed by atoms with Crippen LogP contribution in [0.15, 0.2) is 18.2 Å². The third kappa shape index (κ3) is 5.10. The first kappa shape index (κ1) is 15.7. The van der Waals surface area contributed by atoms with Gasteiger partial charge in [0.05, 0.1) is 5.02 Å². The molecule has 2 nitrogen and oxygen atoms in total. The summed E-state index contributed by atoms with van der Waals surface area (Å²) in [6, 6.07) is 4.72. The van der Waals surface area contributed by atoms with Crippen molar-refractivity contribution in [2.75, 3.05) is 4.43 Å². The molecule has 100 valence electrons. The molecule has 0 aliphatic heterocycles. The fourth-order valence-corrected chi connectivity index (χ4v) is 2.34. The highest BCUT2D eigenvalue weighted by molar-refractivity contribution is 14.1. The zero-order chi connectivity index (χ0) is 13.8. The first-order valence-corrected chi connectivity index (χ1v) is 7.55. The van der Waals surface area contributed by atoms with E-state index in [4.69, 9.17) is 11.6 Å². The molecule has 1 amide bonds. The number of carbonyl (C=O) groups excluding carboxylic acids is 1. The van der Waals surface area contributed by atoms with Gasteiger partial charge >= 0.3 is 0 Å². The Labute approximate surface area is 125 Å². The molecule has 0 aromatic heterocycles. The van der Waals surface area contributed by atoms with Crippen molar-refractivity contribution >= 4 is 40.1 Å². The molecule has 0 aliphatic rings. The zero-order valence-corrected chi connectivity index (χ0v) is 13.3. The van der Waals surface area contributed by atoms with Gasteiger partial charge in [-0.25, -0.2) is 4.39 Å². The van der Waals surface area contributed by atoms with Crippen LogP contribution in [0.2, 0.25) is 5.02 Å². The molecule has 18 heavy (non-hydrogen) atoms. The van der Waals surface area contributed by atoms with Gasteiger partial charge in [0.25, 0.3) is 0 Å². The molecular formula is C13H16ClFINO. The van der Waals surface area contributed by atoms with E-state index in [9.17, 15) is 9.18 Å².